The highest BCUT2D eigenvalue weighted by molar-refractivity contribution is 5.04. The molecular weight excluding hydrogens is 172 g/mol. The Balaban J connectivity index is 1.70. The molecule has 2 nitrogen and oxygen atoms in total. The summed E-state index contributed by atoms with van der Waals surface area (Å²) < 4.78 is 0. The standard InChI is InChI=1S/C12H22N2/c1-2-6-11-10(5-1)13-9-12(14-11)7-3-4-8-12/h10-11,13-14H,1-9H2/t10-,11-/m1/s1. The lowest BCUT2D eigenvalue weighted by molar-refractivity contribution is 0.149. The van der Waals surface area contributed by atoms with Gasteiger partial charge in [0.1, 0.15) is 0 Å². The van der Waals surface area contributed by atoms with Crippen LogP contribution < -0.4 is 10.6 Å². The second-order valence-electron chi connectivity index (χ2n) is 5.51. The summed E-state index contributed by atoms with van der Waals surface area (Å²) in [7, 11) is 0. The fraction of sp³-hybridized carbons (Fsp3) is 1.00. The minimum atomic E-state index is 0.499. The van der Waals surface area contributed by atoms with Crippen LogP contribution in [-0.2, 0) is 0 Å². The molecule has 2 atom stereocenters. The minimum absolute atomic E-state index is 0.499. The van der Waals surface area contributed by atoms with Gasteiger partial charge in [-0.25, -0.2) is 0 Å². The molecule has 3 aliphatic rings. The average molecular weight is 194 g/mol. The van der Waals surface area contributed by atoms with Crippen molar-refractivity contribution in [2.24, 2.45) is 0 Å². The van der Waals surface area contributed by atoms with Gasteiger partial charge < -0.3 is 10.6 Å². The smallest absolute Gasteiger partial charge is 0.0309 e. The summed E-state index contributed by atoms with van der Waals surface area (Å²) in [5.41, 5.74) is 0.499. The van der Waals surface area contributed by atoms with Crippen LogP contribution in [0.2, 0.25) is 0 Å². The van der Waals surface area contributed by atoms with E-state index in [4.69, 9.17) is 0 Å². The van der Waals surface area contributed by atoms with Gasteiger partial charge in [-0.05, 0) is 25.7 Å². The van der Waals surface area contributed by atoms with Crippen molar-refractivity contribution in [3.63, 3.8) is 0 Å². The summed E-state index contributed by atoms with van der Waals surface area (Å²) in [5.74, 6) is 0. The predicted octanol–water partition coefficient (Wildman–Crippen LogP) is 1.80. The van der Waals surface area contributed by atoms with E-state index < -0.39 is 0 Å². The van der Waals surface area contributed by atoms with Crippen molar-refractivity contribution in [1.29, 1.82) is 0 Å². The number of nitrogens with one attached hydrogen (secondary N) is 2. The van der Waals surface area contributed by atoms with Crippen LogP contribution in [0.3, 0.4) is 0 Å². The minimum Gasteiger partial charge on any atom is -0.311 e. The fourth-order valence-corrected chi connectivity index (χ4v) is 3.69. The first-order valence-corrected chi connectivity index (χ1v) is 6.39. The monoisotopic (exact) mass is 194 g/mol. The third-order valence-corrected chi connectivity index (χ3v) is 4.52. The Morgan fingerprint density at radius 3 is 2.36 bits per heavy atom. The Morgan fingerprint density at radius 1 is 0.857 bits per heavy atom. The van der Waals surface area contributed by atoms with Gasteiger partial charge in [0.05, 0.1) is 0 Å². The highest BCUT2D eigenvalue weighted by Gasteiger charge is 2.41. The van der Waals surface area contributed by atoms with E-state index in [1.54, 1.807) is 0 Å². The topological polar surface area (TPSA) is 24.1 Å². The Kier molecular flexibility index (Phi) is 2.29. The van der Waals surface area contributed by atoms with Crippen LogP contribution in [0.5, 0.6) is 0 Å². The Hall–Kier alpha value is -0.0800. The summed E-state index contributed by atoms with van der Waals surface area (Å²) in [6.45, 7) is 1.23. The first-order chi connectivity index (χ1) is 6.88. The largest absolute Gasteiger partial charge is 0.311 e. The molecule has 1 aliphatic heterocycles. The highest BCUT2D eigenvalue weighted by Crippen LogP contribution is 2.34. The van der Waals surface area contributed by atoms with Crippen molar-refractivity contribution in [3.8, 4) is 0 Å². The van der Waals surface area contributed by atoms with Crippen LogP contribution in [0.1, 0.15) is 51.4 Å². The summed E-state index contributed by atoms with van der Waals surface area (Å²) >= 11 is 0. The molecule has 0 aromatic rings. The van der Waals surface area contributed by atoms with E-state index in [0.29, 0.717) is 5.54 Å². The van der Waals surface area contributed by atoms with Gasteiger partial charge in [-0.3, -0.25) is 0 Å². The van der Waals surface area contributed by atoms with E-state index in [0.717, 1.165) is 12.1 Å². The van der Waals surface area contributed by atoms with Crippen molar-refractivity contribution in [3.05, 3.63) is 0 Å². The number of hydrogen-bond donors (Lipinski definition) is 2. The van der Waals surface area contributed by atoms with Gasteiger partial charge in [0, 0.05) is 24.2 Å². The van der Waals surface area contributed by atoms with Crippen LogP contribution in [0.25, 0.3) is 0 Å². The lowest BCUT2D eigenvalue weighted by atomic mass is 9.83. The van der Waals surface area contributed by atoms with E-state index in [9.17, 15) is 0 Å². The number of hydrogen-bond acceptors (Lipinski definition) is 2. The van der Waals surface area contributed by atoms with Gasteiger partial charge in [-0.1, -0.05) is 25.7 Å². The van der Waals surface area contributed by atoms with Gasteiger partial charge in [0.15, 0.2) is 0 Å². The lowest BCUT2D eigenvalue weighted by Crippen LogP contribution is -2.67. The first kappa shape index (κ1) is 9.17. The van der Waals surface area contributed by atoms with Gasteiger partial charge in [0.2, 0.25) is 0 Å². The van der Waals surface area contributed by atoms with Gasteiger partial charge in [-0.2, -0.15) is 0 Å². The average Bonchev–Trinajstić information content (AvgIpc) is 2.66. The highest BCUT2D eigenvalue weighted by atomic mass is 15.2. The Labute approximate surface area is 86.8 Å². The SMILES string of the molecule is C1CC[C@H]2NC3(CCCC3)CN[C@@H]2C1. The molecule has 0 amide bonds. The van der Waals surface area contributed by atoms with Crippen molar-refractivity contribution in [2.45, 2.75) is 69.0 Å². The van der Waals surface area contributed by atoms with E-state index in [1.807, 2.05) is 0 Å². The maximum atomic E-state index is 3.97. The van der Waals surface area contributed by atoms with Gasteiger partial charge >= 0.3 is 0 Å². The normalized spacial score (nSPS) is 41.1. The third-order valence-electron chi connectivity index (χ3n) is 4.52. The summed E-state index contributed by atoms with van der Waals surface area (Å²) in [4.78, 5) is 0. The molecule has 1 spiro atoms. The second-order valence-corrected chi connectivity index (χ2v) is 5.51. The Morgan fingerprint density at radius 2 is 1.57 bits per heavy atom. The van der Waals surface area contributed by atoms with E-state index >= 15 is 0 Å². The van der Waals surface area contributed by atoms with E-state index in [-0.39, 0.29) is 0 Å². The number of piperazine rings is 1. The molecule has 2 saturated carbocycles. The molecule has 80 valence electrons. The molecule has 1 saturated heterocycles. The molecule has 0 unspecified atom stereocenters. The molecule has 14 heavy (non-hydrogen) atoms. The van der Waals surface area contributed by atoms with Crippen LogP contribution in [0.15, 0.2) is 0 Å². The van der Waals surface area contributed by atoms with Crippen molar-refractivity contribution in [1.82, 2.24) is 10.6 Å². The zero-order valence-corrected chi connectivity index (χ0v) is 9.02. The molecule has 0 aromatic carbocycles. The van der Waals surface area contributed by atoms with Crippen molar-refractivity contribution >= 4 is 0 Å². The maximum absolute atomic E-state index is 3.97. The summed E-state index contributed by atoms with van der Waals surface area (Å²) in [6.07, 6.45) is 11.4. The first-order valence-electron chi connectivity index (χ1n) is 6.39. The molecule has 1 heterocycles. The molecule has 3 rings (SSSR count). The van der Waals surface area contributed by atoms with Crippen LogP contribution in [0, 0.1) is 0 Å². The molecule has 0 aromatic heterocycles. The molecule has 0 radical (unpaired) electrons. The summed E-state index contributed by atoms with van der Waals surface area (Å²) in [6, 6.07) is 1.57. The molecule has 2 N–H and O–H groups in total. The lowest BCUT2D eigenvalue weighted by Gasteiger charge is -2.47. The zero-order valence-electron chi connectivity index (χ0n) is 9.02. The zero-order chi connectivity index (χ0) is 9.43. The third kappa shape index (κ3) is 1.49. The summed E-state index contributed by atoms with van der Waals surface area (Å²) in [5, 5.41) is 7.76. The second kappa shape index (κ2) is 3.49. The molecule has 0 bridgehead atoms. The van der Waals surface area contributed by atoms with Crippen molar-refractivity contribution in [2.75, 3.05) is 6.54 Å². The Bertz CT molecular complexity index is 208. The predicted molar refractivity (Wildman–Crippen MR) is 58.4 cm³/mol. The van der Waals surface area contributed by atoms with Gasteiger partial charge in [-0.15, -0.1) is 0 Å². The molecule has 3 fully saturated rings. The van der Waals surface area contributed by atoms with Crippen molar-refractivity contribution < 1.29 is 0 Å². The quantitative estimate of drug-likeness (QED) is 0.614. The molecule has 2 aliphatic carbocycles. The van der Waals surface area contributed by atoms with Crippen LogP contribution in [0.4, 0.5) is 0 Å². The molecule has 2 heteroatoms. The van der Waals surface area contributed by atoms with Crippen LogP contribution in [-0.4, -0.2) is 24.2 Å². The van der Waals surface area contributed by atoms with E-state index in [2.05, 4.69) is 10.6 Å². The van der Waals surface area contributed by atoms with Gasteiger partial charge in [0.25, 0.3) is 0 Å². The molecular formula is C12H22N2. The van der Waals surface area contributed by atoms with E-state index in [1.165, 1.54) is 57.9 Å². The maximum Gasteiger partial charge on any atom is 0.0309 e. The number of rotatable bonds is 0. The number of fused-ring (bicyclic) bond motifs is 1. The van der Waals surface area contributed by atoms with Crippen LogP contribution >= 0.6 is 0 Å². The fourth-order valence-electron chi connectivity index (χ4n) is 3.69.